The Balaban J connectivity index is 1.82. The predicted molar refractivity (Wildman–Crippen MR) is 93.2 cm³/mol. The molecule has 4 nitrogen and oxygen atoms in total. The zero-order valence-corrected chi connectivity index (χ0v) is 15.1. The minimum atomic E-state index is -0.488. The molecule has 1 aromatic rings. The number of β-amino-alcohol motifs (C(OH)–C–C–N with tert-alkyl or cyclic N) is 1. The number of aliphatic hydroxyl groups excluding tert-OH is 1. The lowest BCUT2D eigenvalue weighted by molar-refractivity contribution is -0.0786. The fourth-order valence-electron chi connectivity index (χ4n) is 3.36. The Morgan fingerprint density at radius 1 is 1.26 bits per heavy atom. The van der Waals surface area contributed by atoms with Gasteiger partial charge in [0.2, 0.25) is 0 Å². The average molecular weight is 321 g/mol. The summed E-state index contributed by atoms with van der Waals surface area (Å²) in [5, 5.41) is 10.2. The first-order valence-corrected chi connectivity index (χ1v) is 8.64. The summed E-state index contributed by atoms with van der Waals surface area (Å²) in [5.74, 6) is 1.34. The minimum Gasteiger partial charge on any atom is -0.491 e. The molecule has 1 fully saturated rings. The molecule has 0 bridgehead atoms. The molecule has 4 heteroatoms. The van der Waals surface area contributed by atoms with Gasteiger partial charge in [0.25, 0.3) is 0 Å². The highest BCUT2D eigenvalue weighted by molar-refractivity contribution is 5.36. The zero-order valence-electron chi connectivity index (χ0n) is 15.1. The maximum atomic E-state index is 10.2. The van der Waals surface area contributed by atoms with Crippen molar-refractivity contribution < 1.29 is 14.6 Å². The Morgan fingerprint density at radius 2 is 1.91 bits per heavy atom. The molecule has 2 rings (SSSR count). The lowest BCUT2D eigenvalue weighted by atomic mass is 9.98. The third-order valence-electron chi connectivity index (χ3n) is 4.27. The fraction of sp³-hybridized carbons (Fsp3) is 0.684. The van der Waals surface area contributed by atoms with E-state index in [1.165, 1.54) is 11.1 Å². The molecule has 0 spiro atoms. The number of rotatable bonds is 6. The maximum Gasteiger partial charge on any atom is 0.119 e. The molecule has 1 aromatic carbocycles. The normalized spacial score (nSPS) is 24.0. The van der Waals surface area contributed by atoms with Gasteiger partial charge in [0.15, 0.2) is 0 Å². The molecule has 1 saturated heterocycles. The van der Waals surface area contributed by atoms with Gasteiger partial charge < -0.3 is 14.6 Å². The van der Waals surface area contributed by atoms with Gasteiger partial charge in [-0.1, -0.05) is 19.9 Å². The van der Waals surface area contributed by atoms with Gasteiger partial charge in [-0.15, -0.1) is 0 Å². The number of nitrogens with zero attached hydrogens (tertiary/aromatic N) is 1. The average Bonchev–Trinajstić information content (AvgIpc) is 2.43. The highest BCUT2D eigenvalue weighted by atomic mass is 16.5. The molecule has 1 aliphatic heterocycles. The van der Waals surface area contributed by atoms with Crippen molar-refractivity contribution in [1.29, 1.82) is 0 Å². The molecule has 130 valence electrons. The van der Waals surface area contributed by atoms with Gasteiger partial charge in [0.1, 0.15) is 18.5 Å². The molecule has 1 heterocycles. The topological polar surface area (TPSA) is 41.9 Å². The van der Waals surface area contributed by atoms with Crippen molar-refractivity contribution >= 4 is 0 Å². The summed E-state index contributed by atoms with van der Waals surface area (Å²) in [6.45, 7) is 13.3. The Morgan fingerprint density at radius 3 is 2.48 bits per heavy atom. The zero-order chi connectivity index (χ0) is 17.0. The van der Waals surface area contributed by atoms with E-state index in [4.69, 9.17) is 9.47 Å². The van der Waals surface area contributed by atoms with Crippen molar-refractivity contribution in [3.63, 3.8) is 0 Å². The molecule has 1 aliphatic rings. The third-order valence-corrected chi connectivity index (χ3v) is 4.27. The molecular formula is C19H31NO3. The van der Waals surface area contributed by atoms with Gasteiger partial charge in [0.05, 0.1) is 12.2 Å². The van der Waals surface area contributed by atoms with Crippen LogP contribution in [-0.2, 0) is 4.74 Å². The molecule has 0 saturated carbocycles. The van der Waals surface area contributed by atoms with Crippen molar-refractivity contribution in [2.75, 3.05) is 26.2 Å². The smallest absolute Gasteiger partial charge is 0.119 e. The molecule has 0 amide bonds. The second-order valence-corrected chi connectivity index (χ2v) is 7.11. The van der Waals surface area contributed by atoms with E-state index in [2.05, 4.69) is 51.7 Å². The van der Waals surface area contributed by atoms with Crippen molar-refractivity contribution in [2.24, 2.45) is 0 Å². The highest BCUT2D eigenvalue weighted by Crippen LogP contribution is 2.23. The second-order valence-electron chi connectivity index (χ2n) is 7.11. The summed E-state index contributed by atoms with van der Waals surface area (Å²) in [4.78, 5) is 2.25. The van der Waals surface area contributed by atoms with E-state index >= 15 is 0 Å². The number of aryl methyl sites for hydroxylation is 1. The number of hydrogen-bond donors (Lipinski definition) is 1. The molecule has 0 aliphatic carbocycles. The van der Waals surface area contributed by atoms with Crippen molar-refractivity contribution in [3.05, 3.63) is 29.3 Å². The number of benzene rings is 1. The van der Waals surface area contributed by atoms with Gasteiger partial charge >= 0.3 is 0 Å². The summed E-state index contributed by atoms with van der Waals surface area (Å²) in [6.07, 6.45) is -0.0474. The van der Waals surface area contributed by atoms with E-state index < -0.39 is 6.10 Å². The van der Waals surface area contributed by atoms with Gasteiger partial charge in [-0.05, 0) is 49.9 Å². The second kappa shape index (κ2) is 8.13. The lowest BCUT2D eigenvalue weighted by Crippen LogP contribution is -2.48. The van der Waals surface area contributed by atoms with Crippen LogP contribution in [0, 0.1) is 6.92 Å². The summed E-state index contributed by atoms with van der Waals surface area (Å²) in [5.41, 5.74) is 2.58. The quantitative estimate of drug-likeness (QED) is 0.875. The Bertz CT molecular complexity index is 493. The SMILES string of the molecule is Cc1cc(OC[C@@H](O)CN2C[C@H](C)O[C@@H](C)C2)ccc1C(C)C. The van der Waals surface area contributed by atoms with Crippen molar-refractivity contribution in [3.8, 4) is 5.75 Å². The van der Waals surface area contributed by atoms with Crippen LogP contribution in [0.5, 0.6) is 5.75 Å². The Labute approximate surface area is 140 Å². The first kappa shape index (κ1) is 18.2. The van der Waals surface area contributed by atoms with E-state index in [1.54, 1.807) is 0 Å². The number of hydrogen-bond acceptors (Lipinski definition) is 4. The molecule has 23 heavy (non-hydrogen) atoms. The van der Waals surface area contributed by atoms with Gasteiger partial charge in [0, 0.05) is 19.6 Å². The largest absolute Gasteiger partial charge is 0.491 e. The Kier molecular flexibility index (Phi) is 6.45. The van der Waals surface area contributed by atoms with Crippen LogP contribution in [0.3, 0.4) is 0 Å². The molecule has 0 unspecified atom stereocenters. The molecule has 0 radical (unpaired) electrons. The van der Waals surface area contributed by atoms with Gasteiger partial charge in [-0.3, -0.25) is 4.90 Å². The lowest BCUT2D eigenvalue weighted by Gasteiger charge is -2.36. The van der Waals surface area contributed by atoms with E-state index in [9.17, 15) is 5.11 Å². The number of morpholine rings is 1. The van der Waals surface area contributed by atoms with E-state index in [0.29, 0.717) is 19.1 Å². The van der Waals surface area contributed by atoms with Crippen LogP contribution in [0.1, 0.15) is 44.7 Å². The predicted octanol–water partition coefficient (Wildman–Crippen LogP) is 2.97. The van der Waals surface area contributed by atoms with Gasteiger partial charge in [-0.2, -0.15) is 0 Å². The van der Waals surface area contributed by atoms with Crippen LogP contribution < -0.4 is 4.74 Å². The fourth-order valence-corrected chi connectivity index (χ4v) is 3.36. The summed E-state index contributed by atoms with van der Waals surface area (Å²) < 4.78 is 11.5. The van der Waals surface area contributed by atoms with Crippen LogP contribution in [0.25, 0.3) is 0 Å². The van der Waals surface area contributed by atoms with Crippen LogP contribution in [-0.4, -0.2) is 54.6 Å². The molecular weight excluding hydrogens is 290 g/mol. The first-order chi connectivity index (χ1) is 10.8. The van der Waals surface area contributed by atoms with Gasteiger partial charge in [-0.25, -0.2) is 0 Å². The molecule has 1 N–H and O–H groups in total. The monoisotopic (exact) mass is 321 g/mol. The highest BCUT2D eigenvalue weighted by Gasteiger charge is 2.23. The molecule has 0 aromatic heterocycles. The summed E-state index contributed by atoms with van der Waals surface area (Å²) in [7, 11) is 0. The molecule has 3 atom stereocenters. The van der Waals surface area contributed by atoms with Crippen LogP contribution in [0.15, 0.2) is 18.2 Å². The number of aliphatic hydroxyl groups is 1. The van der Waals surface area contributed by atoms with Crippen LogP contribution >= 0.6 is 0 Å². The van der Waals surface area contributed by atoms with E-state index in [-0.39, 0.29) is 12.2 Å². The number of ether oxygens (including phenoxy) is 2. The standard InChI is InChI=1S/C19H31NO3/c1-13(2)19-7-6-18(8-14(19)3)22-12-17(21)11-20-9-15(4)23-16(5)10-20/h6-8,13,15-17,21H,9-12H2,1-5H3/t15-,16-,17-/m0/s1. The van der Waals surface area contributed by atoms with Crippen molar-refractivity contribution in [1.82, 2.24) is 4.90 Å². The van der Waals surface area contributed by atoms with Crippen molar-refractivity contribution in [2.45, 2.75) is 58.8 Å². The maximum absolute atomic E-state index is 10.2. The third kappa shape index (κ3) is 5.48. The Hall–Kier alpha value is -1.10. The van der Waals surface area contributed by atoms with E-state index in [0.717, 1.165) is 18.8 Å². The van der Waals surface area contributed by atoms with Crippen LogP contribution in [0.2, 0.25) is 0 Å². The summed E-state index contributed by atoms with van der Waals surface area (Å²) in [6, 6.07) is 6.17. The first-order valence-electron chi connectivity index (χ1n) is 8.64. The van der Waals surface area contributed by atoms with E-state index in [1.807, 2.05) is 6.07 Å². The van der Waals surface area contributed by atoms with Crippen LogP contribution in [0.4, 0.5) is 0 Å². The summed E-state index contributed by atoms with van der Waals surface area (Å²) >= 11 is 0. The minimum absolute atomic E-state index is 0.220.